The fourth-order valence-corrected chi connectivity index (χ4v) is 2.68. The lowest BCUT2D eigenvalue weighted by Crippen LogP contribution is -2.46. The van der Waals surface area contributed by atoms with E-state index in [1.165, 1.54) is 5.56 Å². The fraction of sp³-hybridized carbons (Fsp3) is 0.667. The molecule has 2 unspecified atom stereocenters. The maximum atomic E-state index is 10.9. The molecule has 0 radical (unpaired) electrons. The van der Waals surface area contributed by atoms with Gasteiger partial charge in [-0.1, -0.05) is 26.8 Å². The average molecular weight is 233 g/mol. The summed E-state index contributed by atoms with van der Waals surface area (Å²) in [7, 11) is 0. The number of nitrogens with zero attached hydrogens (tertiary/aromatic N) is 1. The summed E-state index contributed by atoms with van der Waals surface area (Å²) in [6.07, 6.45) is 5.12. The van der Waals surface area contributed by atoms with Crippen LogP contribution < -0.4 is 0 Å². The standard InChI is InChI=1S/C15H23NO/c1-14(2,3)15(4,17)12-9-5-7-11-8-6-10-16-13(11)12/h6,8,10,12,17H,5,7,9H2,1-4H3. The van der Waals surface area contributed by atoms with Crippen LogP contribution in [0.2, 0.25) is 0 Å². The molecule has 2 heteroatoms. The summed E-state index contributed by atoms with van der Waals surface area (Å²) in [5.74, 6) is 0.160. The van der Waals surface area contributed by atoms with Gasteiger partial charge in [0, 0.05) is 17.8 Å². The van der Waals surface area contributed by atoms with Gasteiger partial charge in [-0.2, -0.15) is 0 Å². The highest BCUT2D eigenvalue weighted by Gasteiger charge is 2.45. The average Bonchev–Trinajstić information content (AvgIpc) is 2.26. The SMILES string of the molecule is CC(C)(C)C(C)(O)C1CCCc2cccnc21. The molecule has 1 heterocycles. The number of fused-ring (bicyclic) bond motifs is 1. The second-order valence-corrected chi connectivity index (χ2v) is 6.39. The van der Waals surface area contributed by atoms with Crippen molar-refractivity contribution >= 4 is 0 Å². The summed E-state index contributed by atoms with van der Waals surface area (Å²) in [4.78, 5) is 4.52. The number of hydrogen-bond donors (Lipinski definition) is 1. The van der Waals surface area contributed by atoms with Crippen molar-refractivity contribution in [3.8, 4) is 0 Å². The van der Waals surface area contributed by atoms with Gasteiger partial charge in [0.1, 0.15) is 0 Å². The van der Waals surface area contributed by atoms with Gasteiger partial charge in [0.05, 0.1) is 5.60 Å². The van der Waals surface area contributed by atoms with Crippen LogP contribution in [0.1, 0.15) is 57.7 Å². The van der Waals surface area contributed by atoms with Gasteiger partial charge >= 0.3 is 0 Å². The van der Waals surface area contributed by atoms with Crippen molar-refractivity contribution in [1.29, 1.82) is 0 Å². The number of aliphatic hydroxyl groups is 1. The summed E-state index contributed by atoms with van der Waals surface area (Å²) in [5, 5.41) is 10.9. The lowest BCUT2D eigenvalue weighted by atomic mass is 9.65. The number of aryl methyl sites for hydroxylation is 1. The molecule has 0 amide bonds. The van der Waals surface area contributed by atoms with Gasteiger partial charge in [0.2, 0.25) is 0 Å². The van der Waals surface area contributed by atoms with Crippen molar-refractivity contribution in [1.82, 2.24) is 4.98 Å². The van der Waals surface area contributed by atoms with Crippen molar-refractivity contribution in [2.45, 2.75) is 58.5 Å². The Morgan fingerprint density at radius 3 is 2.65 bits per heavy atom. The van der Waals surface area contributed by atoms with Crippen LogP contribution in [0.15, 0.2) is 18.3 Å². The summed E-state index contributed by atoms with van der Waals surface area (Å²) in [6.45, 7) is 8.26. The van der Waals surface area contributed by atoms with Gasteiger partial charge < -0.3 is 5.11 Å². The predicted molar refractivity (Wildman–Crippen MR) is 70.0 cm³/mol. The van der Waals surface area contributed by atoms with Gasteiger partial charge in [-0.25, -0.2) is 0 Å². The largest absolute Gasteiger partial charge is 0.389 e. The number of aromatic nitrogens is 1. The minimum absolute atomic E-state index is 0.135. The topological polar surface area (TPSA) is 33.1 Å². The molecule has 17 heavy (non-hydrogen) atoms. The molecular weight excluding hydrogens is 210 g/mol. The first-order valence-corrected chi connectivity index (χ1v) is 6.50. The van der Waals surface area contributed by atoms with Crippen molar-refractivity contribution < 1.29 is 5.11 Å². The molecule has 0 spiro atoms. The van der Waals surface area contributed by atoms with Crippen molar-refractivity contribution in [3.05, 3.63) is 29.6 Å². The molecule has 0 saturated carbocycles. The molecule has 1 aromatic heterocycles. The lowest BCUT2D eigenvalue weighted by molar-refractivity contribution is -0.0691. The Bertz CT molecular complexity index is 404. The van der Waals surface area contributed by atoms with E-state index in [4.69, 9.17) is 0 Å². The van der Waals surface area contributed by atoms with Crippen LogP contribution in [0.3, 0.4) is 0 Å². The minimum atomic E-state index is -0.712. The van der Waals surface area contributed by atoms with E-state index in [1.807, 2.05) is 19.2 Å². The molecule has 0 fully saturated rings. The maximum Gasteiger partial charge on any atom is 0.0751 e. The Labute approximate surface area is 104 Å². The first kappa shape index (κ1) is 12.6. The zero-order valence-electron chi connectivity index (χ0n) is 11.3. The lowest BCUT2D eigenvalue weighted by Gasteiger charge is -2.45. The second-order valence-electron chi connectivity index (χ2n) is 6.39. The van der Waals surface area contributed by atoms with Crippen LogP contribution in [0.4, 0.5) is 0 Å². The number of hydrogen-bond acceptors (Lipinski definition) is 2. The van der Waals surface area contributed by atoms with E-state index in [-0.39, 0.29) is 11.3 Å². The van der Waals surface area contributed by atoms with E-state index in [1.54, 1.807) is 0 Å². The summed E-state index contributed by atoms with van der Waals surface area (Å²) < 4.78 is 0. The Balaban J connectivity index is 2.43. The molecule has 1 aliphatic rings. The van der Waals surface area contributed by atoms with E-state index < -0.39 is 5.60 Å². The zero-order valence-corrected chi connectivity index (χ0v) is 11.3. The van der Waals surface area contributed by atoms with Crippen LogP contribution in [-0.2, 0) is 6.42 Å². The second kappa shape index (κ2) is 4.09. The molecule has 2 atom stereocenters. The maximum absolute atomic E-state index is 10.9. The van der Waals surface area contributed by atoms with Crippen LogP contribution in [0, 0.1) is 5.41 Å². The Kier molecular flexibility index (Phi) is 3.03. The van der Waals surface area contributed by atoms with Crippen LogP contribution in [0.5, 0.6) is 0 Å². The highest BCUT2D eigenvalue weighted by molar-refractivity contribution is 5.29. The minimum Gasteiger partial charge on any atom is -0.389 e. The fourth-order valence-electron chi connectivity index (χ4n) is 2.68. The number of rotatable bonds is 1. The van der Waals surface area contributed by atoms with Gasteiger partial charge in [-0.15, -0.1) is 0 Å². The Hall–Kier alpha value is -0.890. The van der Waals surface area contributed by atoms with Crippen LogP contribution in [0.25, 0.3) is 0 Å². The first-order valence-electron chi connectivity index (χ1n) is 6.50. The molecule has 1 aliphatic carbocycles. The molecular formula is C15H23NO. The van der Waals surface area contributed by atoms with E-state index in [9.17, 15) is 5.11 Å². The Morgan fingerprint density at radius 1 is 1.29 bits per heavy atom. The van der Waals surface area contributed by atoms with E-state index in [2.05, 4.69) is 31.8 Å². The molecule has 0 aromatic carbocycles. The van der Waals surface area contributed by atoms with Gasteiger partial charge in [0.25, 0.3) is 0 Å². The van der Waals surface area contributed by atoms with Crippen molar-refractivity contribution in [2.75, 3.05) is 0 Å². The summed E-state index contributed by atoms with van der Waals surface area (Å²) >= 11 is 0. The number of pyridine rings is 1. The quantitative estimate of drug-likeness (QED) is 0.807. The molecule has 2 rings (SSSR count). The molecule has 1 aromatic rings. The molecule has 2 nitrogen and oxygen atoms in total. The molecule has 0 bridgehead atoms. The monoisotopic (exact) mass is 233 g/mol. The third kappa shape index (κ3) is 2.11. The van der Waals surface area contributed by atoms with E-state index in [0.29, 0.717) is 0 Å². The Morgan fingerprint density at radius 2 is 2.00 bits per heavy atom. The summed E-state index contributed by atoms with van der Waals surface area (Å²) in [5.41, 5.74) is 1.58. The highest BCUT2D eigenvalue weighted by Crippen LogP contribution is 2.46. The van der Waals surface area contributed by atoms with Crippen LogP contribution >= 0.6 is 0 Å². The molecule has 94 valence electrons. The first-order chi connectivity index (χ1) is 7.84. The zero-order chi connectivity index (χ0) is 12.7. The van der Waals surface area contributed by atoms with Gasteiger partial charge in [-0.3, -0.25) is 4.98 Å². The highest BCUT2D eigenvalue weighted by atomic mass is 16.3. The molecule has 0 saturated heterocycles. The van der Waals surface area contributed by atoms with Crippen LogP contribution in [-0.4, -0.2) is 15.7 Å². The van der Waals surface area contributed by atoms with Gasteiger partial charge in [0.15, 0.2) is 0 Å². The smallest absolute Gasteiger partial charge is 0.0751 e. The third-order valence-electron chi connectivity index (χ3n) is 4.39. The van der Waals surface area contributed by atoms with Crippen molar-refractivity contribution in [3.63, 3.8) is 0 Å². The normalized spacial score (nSPS) is 23.9. The van der Waals surface area contributed by atoms with Crippen molar-refractivity contribution in [2.24, 2.45) is 5.41 Å². The molecule has 0 aliphatic heterocycles. The molecule has 1 N–H and O–H groups in total. The van der Waals surface area contributed by atoms with Gasteiger partial charge in [-0.05, 0) is 43.2 Å². The van der Waals surface area contributed by atoms with E-state index in [0.717, 1.165) is 25.0 Å². The van der Waals surface area contributed by atoms with E-state index >= 15 is 0 Å². The third-order valence-corrected chi connectivity index (χ3v) is 4.39. The predicted octanol–water partition coefficient (Wildman–Crippen LogP) is 3.30. The summed E-state index contributed by atoms with van der Waals surface area (Å²) in [6, 6.07) is 4.14.